The minimum atomic E-state index is -0.500. The molecule has 0 unspecified atom stereocenters. The molecule has 0 saturated heterocycles. The molecule has 5 nitrogen and oxygen atoms in total. The van der Waals surface area contributed by atoms with Gasteiger partial charge in [-0.05, 0) is 68.7 Å². The molecule has 0 amide bonds. The van der Waals surface area contributed by atoms with E-state index in [4.69, 9.17) is 9.47 Å². The summed E-state index contributed by atoms with van der Waals surface area (Å²) in [6.07, 6.45) is 3.06. The quantitative estimate of drug-likeness (QED) is 0.604. The van der Waals surface area contributed by atoms with Gasteiger partial charge in [0.2, 0.25) is 0 Å². The van der Waals surface area contributed by atoms with Crippen LogP contribution in [0.3, 0.4) is 0 Å². The van der Waals surface area contributed by atoms with Crippen molar-refractivity contribution in [2.75, 3.05) is 24.6 Å². The molecule has 0 aromatic heterocycles. The van der Waals surface area contributed by atoms with E-state index in [0.29, 0.717) is 23.3 Å². The first-order valence-electron chi connectivity index (χ1n) is 10.6. The summed E-state index contributed by atoms with van der Waals surface area (Å²) in [4.78, 5) is 26.7. The summed E-state index contributed by atoms with van der Waals surface area (Å²) >= 11 is 0. The van der Waals surface area contributed by atoms with Gasteiger partial charge >= 0.3 is 11.9 Å². The lowest BCUT2D eigenvalue weighted by atomic mass is 9.75. The Hall–Kier alpha value is -2.04. The fourth-order valence-corrected chi connectivity index (χ4v) is 4.06. The third-order valence-corrected chi connectivity index (χ3v) is 5.80. The lowest BCUT2D eigenvalue weighted by Crippen LogP contribution is -2.36. The molecule has 0 bridgehead atoms. The molecular weight excluding hydrogens is 354 g/mol. The predicted octanol–water partition coefficient (Wildman–Crippen LogP) is 4.69. The third kappa shape index (κ3) is 5.98. The molecule has 1 fully saturated rings. The second kappa shape index (κ2) is 10.5. The van der Waals surface area contributed by atoms with Crippen molar-refractivity contribution >= 4 is 17.6 Å². The van der Waals surface area contributed by atoms with Crippen molar-refractivity contribution in [1.82, 2.24) is 0 Å². The Balaban J connectivity index is 1.87. The van der Waals surface area contributed by atoms with Gasteiger partial charge in [-0.1, -0.05) is 27.2 Å². The lowest BCUT2D eigenvalue weighted by Gasteiger charge is -2.36. The lowest BCUT2D eigenvalue weighted by molar-refractivity contribution is -0.159. The maximum Gasteiger partial charge on any atom is 0.344 e. The van der Waals surface area contributed by atoms with Crippen LogP contribution in [0.1, 0.15) is 64.2 Å². The van der Waals surface area contributed by atoms with Gasteiger partial charge in [-0.2, -0.15) is 0 Å². The number of hydrogen-bond donors (Lipinski definition) is 0. The minimum Gasteiger partial charge on any atom is -0.460 e. The van der Waals surface area contributed by atoms with Crippen LogP contribution >= 0.6 is 0 Å². The summed E-state index contributed by atoms with van der Waals surface area (Å²) in [7, 11) is 0. The van der Waals surface area contributed by atoms with Crippen LogP contribution in [0, 0.1) is 17.8 Å². The van der Waals surface area contributed by atoms with Crippen LogP contribution < -0.4 is 4.90 Å². The van der Waals surface area contributed by atoms with E-state index in [1.807, 2.05) is 12.1 Å². The van der Waals surface area contributed by atoms with Gasteiger partial charge < -0.3 is 14.4 Å². The van der Waals surface area contributed by atoms with Crippen molar-refractivity contribution in [3.8, 4) is 0 Å². The highest BCUT2D eigenvalue weighted by Crippen LogP contribution is 2.35. The Labute approximate surface area is 169 Å². The first-order valence-corrected chi connectivity index (χ1v) is 10.6. The fourth-order valence-electron chi connectivity index (χ4n) is 4.06. The highest BCUT2D eigenvalue weighted by atomic mass is 16.6. The van der Waals surface area contributed by atoms with Gasteiger partial charge in [0.15, 0.2) is 6.61 Å². The summed E-state index contributed by atoms with van der Waals surface area (Å²) < 4.78 is 10.9. The molecule has 3 atom stereocenters. The molecule has 1 aliphatic rings. The van der Waals surface area contributed by atoms with Crippen molar-refractivity contribution in [2.45, 2.75) is 60.0 Å². The van der Waals surface area contributed by atoms with Crippen molar-refractivity contribution in [3.63, 3.8) is 0 Å². The molecule has 5 heteroatoms. The van der Waals surface area contributed by atoms with Gasteiger partial charge in [0, 0.05) is 18.8 Å². The topological polar surface area (TPSA) is 55.8 Å². The standard InChI is InChI=1S/C23H35NO4/c1-6-24(7-2)19-11-9-18(10-12-19)23(26)27-15-22(25)28-21-14-17(5)8-13-20(21)16(3)4/h9-12,16-17,20-21H,6-8,13-15H2,1-5H3/t17-,20+,21-/m1/s1. The molecule has 0 heterocycles. The van der Waals surface area contributed by atoms with E-state index >= 15 is 0 Å². The first-order chi connectivity index (χ1) is 13.3. The normalized spacial score (nSPS) is 22.0. The molecule has 1 saturated carbocycles. The van der Waals surface area contributed by atoms with Gasteiger partial charge in [-0.25, -0.2) is 9.59 Å². The van der Waals surface area contributed by atoms with Gasteiger partial charge in [0.1, 0.15) is 6.10 Å². The zero-order chi connectivity index (χ0) is 20.7. The summed E-state index contributed by atoms with van der Waals surface area (Å²) in [5.74, 6) is 0.443. The number of carbonyl (C=O) groups is 2. The van der Waals surface area contributed by atoms with Crippen LogP contribution in [-0.2, 0) is 14.3 Å². The van der Waals surface area contributed by atoms with Crippen LogP contribution in [-0.4, -0.2) is 37.7 Å². The van der Waals surface area contributed by atoms with Crippen LogP contribution in [0.5, 0.6) is 0 Å². The molecule has 1 aromatic carbocycles. The van der Waals surface area contributed by atoms with Crippen molar-refractivity contribution in [1.29, 1.82) is 0 Å². The number of hydrogen-bond acceptors (Lipinski definition) is 5. The third-order valence-electron chi connectivity index (χ3n) is 5.80. The average Bonchev–Trinajstić information content (AvgIpc) is 2.67. The van der Waals surface area contributed by atoms with E-state index in [9.17, 15) is 9.59 Å². The molecular formula is C23H35NO4. The van der Waals surface area contributed by atoms with Crippen LogP contribution in [0.4, 0.5) is 5.69 Å². The molecule has 0 N–H and O–H groups in total. The Morgan fingerprint density at radius 3 is 2.32 bits per heavy atom. The number of ether oxygens (including phenoxy) is 2. The van der Waals surface area contributed by atoms with Gasteiger partial charge in [-0.3, -0.25) is 0 Å². The number of anilines is 1. The molecule has 1 aliphatic carbocycles. The SMILES string of the molecule is CCN(CC)c1ccc(C(=O)OCC(=O)O[C@@H]2C[C@H](C)CC[C@H]2C(C)C)cc1. The summed E-state index contributed by atoms with van der Waals surface area (Å²) in [5, 5.41) is 0. The number of nitrogens with zero attached hydrogens (tertiary/aromatic N) is 1. The van der Waals surface area contributed by atoms with Gasteiger partial charge in [0.05, 0.1) is 5.56 Å². The van der Waals surface area contributed by atoms with Crippen LogP contribution in [0.15, 0.2) is 24.3 Å². The van der Waals surface area contributed by atoms with E-state index in [-0.39, 0.29) is 12.7 Å². The molecule has 1 aromatic rings. The Bertz CT molecular complexity index is 637. The van der Waals surface area contributed by atoms with Crippen molar-refractivity contribution < 1.29 is 19.1 Å². The highest BCUT2D eigenvalue weighted by Gasteiger charge is 2.33. The van der Waals surface area contributed by atoms with E-state index in [1.54, 1.807) is 12.1 Å². The number of carbonyl (C=O) groups excluding carboxylic acids is 2. The zero-order valence-corrected chi connectivity index (χ0v) is 17.9. The number of esters is 2. The second-order valence-electron chi connectivity index (χ2n) is 8.15. The Morgan fingerprint density at radius 2 is 1.75 bits per heavy atom. The molecule has 0 spiro atoms. The molecule has 28 heavy (non-hydrogen) atoms. The second-order valence-corrected chi connectivity index (χ2v) is 8.15. The van der Waals surface area contributed by atoms with E-state index in [0.717, 1.165) is 31.6 Å². The molecule has 156 valence electrons. The maximum absolute atomic E-state index is 12.2. The van der Waals surface area contributed by atoms with E-state index in [2.05, 4.69) is 39.5 Å². The maximum atomic E-state index is 12.2. The predicted molar refractivity (Wildman–Crippen MR) is 112 cm³/mol. The monoisotopic (exact) mass is 389 g/mol. The van der Waals surface area contributed by atoms with E-state index in [1.165, 1.54) is 6.42 Å². The number of rotatable bonds is 8. The Kier molecular flexibility index (Phi) is 8.34. The van der Waals surface area contributed by atoms with Crippen LogP contribution in [0.25, 0.3) is 0 Å². The van der Waals surface area contributed by atoms with E-state index < -0.39 is 11.9 Å². The summed E-state index contributed by atoms with van der Waals surface area (Å²) in [5.41, 5.74) is 1.50. The summed E-state index contributed by atoms with van der Waals surface area (Å²) in [6.45, 7) is 12.2. The van der Waals surface area contributed by atoms with Crippen molar-refractivity contribution in [2.24, 2.45) is 17.8 Å². The molecule has 2 rings (SSSR count). The smallest absolute Gasteiger partial charge is 0.344 e. The minimum absolute atomic E-state index is 0.0803. The highest BCUT2D eigenvalue weighted by molar-refractivity contribution is 5.91. The van der Waals surface area contributed by atoms with Crippen LogP contribution in [0.2, 0.25) is 0 Å². The summed E-state index contributed by atoms with van der Waals surface area (Å²) in [6, 6.07) is 7.27. The largest absolute Gasteiger partial charge is 0.460 e. The Morgan fingerprint density at radius 1 is 1.11 bits per heavy atom. The average molecular weight is 390 g/mol. The zero-order valence-electron chi connectivity index (χ0n) is 17.9. The number of benzene rings is 1. The van der Waals surface area contributed by atoms with Gasteiger partial charge in [0.25, 0.3) is 0 Å². The van der Waals surface area contributed by atoms with Crippen molar-refractivity contribution in [3.05, 3.63) is 29.8 Å². The molecule has 0 radical (unpaired) electrons. The first kappa shape index (κ1) is 22.3. The fraction of sp³-hybridized carbons (Fsp3) is 0.652. The molecule has 0 aliphatic heterocycles. The van der Waals surface area contributed by atoms with Gasteiger partial charge in [-0.15, -0.1) is 0 Å².